The predicted octanol–water partition coefficient (Wildman–Crippen LogP) is 2.04. The molecule has 9 nitrogen and oxygen atoms in total. The molecule has 170 valence electrons. The lowest BCUT2D eigenvalue weighted by Gasteiger charge is -2.10. The summed E-state index contributed by atoms with van der Waals surface area (Å²) in [5.74, 6) is 2.98. The van der Waals surface area contributed by atoms with Crippen molar-refractivity contribution in [1.82, 2.24) is 18.7 Å². The molecule has 0 amide bonds. The van der Waals surface area contributed by atoms with Crippen molar-refractivity contribution >= 4 is 34.7 Å². The highest BCUT2D eigenvalue weighted by atomic mass is 79.9. The smallest absolute Gasteiger partial charge is 0.325 e. The molecule has 0 fully saturated rings. The second-order valence-corrected chi connectivity index (χ2v) is 10.1. The van der Waals surface area contributed by atoms with Gasteiger partial charge in [-0.15, -0.1) is 6.42 Å². The van der Waals surface area contributed by atoms with Crippen LogP contribution in [0, 0.1) is 12.3 Å². The molecule has 0 aliphatic rings. The second-order valence-electron chi connectivity index (χ2n) is 7.48. The molecule has 0 radical (unpaired) electrons. The van der Waals surface area contributed by atoms with Crippen LogP contribution >= 0.6 is 23.5 Å². The molecule has 3 rings (SSSR count). The Hall–Kier alpha value is -2.44. The summed E-state index contributed by atoms with van der Waals surface area (Å²) in [7, 11) is -2.38. The van der Waals surface area contributed by atoms with Gasteiger partial charge >= 0.3 is 13.3 Å². The van der Waals surface area contributed by atoms with Gasteiger partial charge in [0.2, 0.25) is 0 Å². The lowest BCUT2D eigenvalue weighted by molar-refractivity contribution is 0.370. The molecular formula is C21H24BrN4O5P. The average molecular weight is 523 g/mol. The van der Waals surface area contributed by atoms with Gasteiger partial charge in [0.25, 0.3) is 5.56 Å². The van der Waals surface area contributed by atoms with Gasteiger partial charge in [0.05, 0.1) is 6.54 Å². The van der Waals surface area contributed by atoms with Crippen molar-refractivity contribution in [1.29, 1.82) is 0 Å². The lowest BCUT2D eigenvalue weighted by Crippen LogP contribution is -2.40. The van der Waals surface area contributed by atoms with E-state index in [-0.39, 0.29) is 36.8 Å². The first-order chi connectivity index (χ1) is 15.1. The maximum absolute atomic E-state index is 13.0. The maximum Gasteiger partial charge on any atom is 0.333 e. The van der Waals surface area contributed by atoms with Crippen molar-refractivity contribution in [2.24, 2.45) is 7.05 Å². The Morgan fingerprint density at radius 2 is 1.88 bits per heavy atom. The van der Waals surface area contributed by atoms with Crippen LogP contribution < -0.4 is 11.2 Å². The quantitative estimate of drug-likeness (QED) is 0.252. The van der Waals surface area contributed by atoms with E-state index in [0.29, 0.717) is 25.1 Å². The number of aromatic nitrogens is 4. The van der Waals surface area contributed by atoms with Crippen molar-refractivity contribution < 1.29 is 14.4 Å². The average Bonchev–Trinajstić information content (AvgIpc) is 3.05. The molecule has 0 spiro atoms. The van der Waals surface area contributed by atoms with Crippen molar-refractivity contribution in [3.05, 3.63) is 61.0 Å². The molecule has 32 heavy (non-hydrogen) atoms. The highest BCUT2D eigenvalue weighted by molar-refractivity contribution is 9.10. The number of hydrogen-bond acceptors (Lipinski definition) is 4. The Morgan fingerprint density at radius 3 is 2.53 bits per heavy atom. The number of hydrogen-bond donors (Lipinski definition) is 2. The van der Waals surface area contributed by atoms with Crippen LogP contribution in [0.25, 0.3) is 11.2 Å². The number of fused-ring (bicyclic) bond motifs is 1. The Morgan fingerprint density at radius 1 is 1.16 bits per heavy atom. The van der Waals surface area contributed by atoms with Crippen LogP contribution in [0.5, 0.6) is 0 Å². The van der Waals surface area contributed by atoms with Gasteiger partial charge in [0.15, 0.2) is 11.2 Å². The number of benzene rings is 1. The Bertz CT molecular complexity index is 1350. The molecule has 2 heterocycles. The van der Waals surface area contributed by atoms with Crippen LogP contribution in [0.15, 0.2) is 38.3 Å². The third-order valence-corrected chi connectivity index (χ3v) is 6.91. The minimum atomic E-state index is -4.11. The van der Waals surface area contributed by atoms with E-state index in [1.165, 1.54) is 4.57 Å². The second kappa shape index (κ2) is 10.0. The van der Waals surface area contributed by atoms with E-state index in [1.807, 2.05) is 24.3 Å². The fourth-order valence-corrected chi connectivity index (χ4v) is 4.72. The number of imidazole rings is 1. The highest BCUT2D eigenvalue weighted by Crippen LogP contribution is 2.35. The third kappa shape index (κ3) is 5.30. The van der Waals surface area contributed by atoms with E-state index in [0.717, 1.165) is 14.6 Å². The van der Waals surface area contributed by atoms with Crippen molar-refractivity contribution in [3.8, 4) is 12.3 Å². The molecule has 0 saturated carbocycles. The summed E-state index contributed by atoms with van der Waals surface area (Å²) >= 11 is 3.53. The zero-order valence-electron chi connectivity index (χ0n) is 17.6. The van der Waals surface area contributed by atoms with Gasteiger partial charge in [-0.25, -0.2) is 14.3 Å². The molecule has 0 aliphatic heterocycles. The molecule has 3 aromatic rings. The third-order valence-electron chi connectivity index (χ3n) is 5.24. The van der Waals surface area contributed by atoms with Crippen molar-refractivity contribution in [2.45, 2.75) is 38.8 Å². The number of aryl methyl sites for hydroxylation is 4. The predicted molar refractivity (Wildman–Crippen MR) is 126 cm³/mol. The Labute approximate surface area is 193 Å². The topological polar surface area (TPSA) is 119 Å². The van der Waals surface area contributed by atoms with E-state index in [1.54, 1.807) is 11.6 Å². The number of nitrogens with zero attached hydrogens (tertiary/aromatic N) is 4. The number of halogens is 1. The normalized spacial score (nSPS) is 11.7. The fourth-order valence-electron chi connectivity index (χ4n) is 3.60. The van der Waals surface area contributed by atoms with Crippen LogP contribution in [0.3, 0.4) is 0 Å². The first-order valence-electron chi connectivity index (χ1n) is 10.0. The van der Waals surface area contributed by atoms with Gasteiger partial charge < -0.3 is 14.4 Å². The molecule has 2 N–H and O–H groups in total. The van der Waals surface area contributed by atoms with Crippen LogP contribution in [-0.2, 0) is 37.5 Å². The molecule has 2 aromatic heterocycles. The Balaban J connectivity index is 2.01. The lowest BCUT2D eigenvalue weighted by atomic mass is 10.1. The molecule has 0 unspecified atom stereocenters. The number of terminal acetylenes is 1. The number of rotatable bonds is 9. The van der Waals surface area contributed by atoms with E-state index in [4.69, 9.17) is 16.2 Å². The summed E-state index contributed by atoms with van der Waals surface area (Å²) in [6.07, 6.45) is 6.90. The van der Waals surface area contributed by atoms with Crippen molar-refractivity contribution in [2.75, 3.05) is 6.16 Å². The minimum absolute atomic E-state index is 0.168. The van der Waals surface area contributed by atoms with Gasteiger partial charge in [0.1, 0.15) is 5.82 Å². The molecular weight excluding hydrogens is 499 g/mol. The zero-order chi connectivity index (χ0) is 23.5. The summed E-state index contributed by atoms with van der Waals surface area (Å²) in [6.45, 7) is -0.00552. The summed E-state index contributed by atoms with van der Waals surface area (Å²) in [6, 6.07) is 7.84. The summed E-state index contributed by atoms with van der Waals surface area (Å²) < 4.78 is 16.1. The summed E-state index contributed by atoms with van der Waals surface area (Å²) in [4.78, 5) is 48.7. The van der Waals surface area contributed by atoms with Crippen LogP contribution in [0.4, 0.5) is 0 Å². The zero-order valence-corrected chi connectivity index (χ0v) is 20.1. The molecule has 0 saturated heterocycles. The van der Waals surface area contributed by atoms with Gasteiger partial charge in [-0.05, 0) is 30.9 Å². The first kappa shape index (κ1) is 24.2. The molecule has 0 atom stereocenters. The van der Waals surface area contributed by atoms with Crippen molar-refractivity contribution in [3.63, 3.8) is 0 Å². The van der Waals surface area contributed by atoms with Gasteiger partial charge in [-0.1, -0.05) is 40.0 Å². The highest BCUT2D eigenvalue weighted by Gasteiger charge is 2.20. The maximum atomic E-state index is 13.0. The van der Waals surface area contributed by atoms with Gasteiger partial charge in [-0.3, -0.25) is 13.9 Å². The summed E-state index contributed by atoms with van der Waals surface area (Å²) in [5.41, 5.74) is 0.550. The van der Waals surface area contributed by atoms with Crippen LogP contribution in [0.1, 0.15) is 24.2 Å². The standard InChI is InChI=1S/C21H24BrN4O5P/c1-3-12-26-20(27)18-19(25(21(26)28)13-6-7-14-32(29,30)31)23-17(24(18)2)11-10-15-8-4-5-9-16(15)22/h1,4-5,8-9H,6-7,10-14H2,2H3,(H2,29,30,31). The monoisotopic (exact) mass is 522 g/mol. The number of unbranched alkanes of at least 4 members (excludes halogenated alkanes) is 1. The van der Waals surface area contributed by atoms with Gasteiger partial charge in [0, 0.05) is 30.6 Å². The largest absolute Gasteiger partial charge is 0.333 e. The summed E-state index contributed by atoms with van der Waals surface area (Å²) in [5, 5.41) is 0. The van der Waals surface area contributed by atoms with Crippen LogP contribution in [-0.4, -0.2) is 34.6 Å². The fraction of sp³-hybridized carbons (Fsp3) is 0.381. The minimum Gasteiger partial charge on any atom is -0.325 e. The molecule has 11 heteroatoms. The first-order valence-corrected chi connectivity index (χ1v) is 12.6. The van der Waals surface area contributed by atoms with E-state index in [9.17, 15) is 14.2 Å². The van der Waals surface area contributed by atoms with E-state index in [2.05, 4.69) is 26.8 Å². The van der Waals surface area contributed by atoms with Gasteiger partial charge in [-0.2, -0.15) is 0 Å². The SMILES string of the molecule is C#CCn1c(=O)c2c(nc(CCc3ccccc3Br)n2C)n(CCCCP(=O)(O)O)c1=O. The van der Waals surface area contributed by atoms with E-state index >= 15 is 0 Å². The molecule has 0 aliphatic carbocycles. The van der Waals surface area contributed by atoms with E-state index < -0.39 is 18.8 Å². The molecule has 1 aromatic carbocycles. The van der Waals surface area contributed by atoms with Crippen LogP contribution in [0.2, 0.25) is 0 Å². The molecule has 0 bridgehead atoms. The Kier molecular flexibility index (Phi) is 7.57.